The van der Waals surface area contributed by atoms with E-state index in [-0.39, 0.29) is 12.6 Å². The maximum Gasteiger partial charge on any atom is 0.214 e. The van der Waals surface area contributed by atoms with Gasteiger partial charge in [-0.25, -0.2) is 4.98 Å². The molecule has 0 aliphatic heterocycles. The molecule has 12 heavy (non-hydrogen) atoms. The predicted octanol–water partition coefficient (Wildman–Crippen LogP) is 1.01. The molecule has 0 saturated heterocycles. The number of anilines is 1. The third kappa shape index (κ3) is 2.47. The number of aromatic nitrogens is 1. The van der Waals surface area contributed by atoms with Gasteiger partial charge in [0.25, 0.3) is 0 Å². The highest BCUT2D eigenvalue weighted by Crippen LogP contribution is 2.07. The van der Waals surface area contributed by atoms with Crippen molar-refractivity contribution in [3.63, 3.8) is 0 Å². The molecule has 1 heterocycles. The number of nitrogens with one attached hydrogen (secondary N) is 1. The van der Waals surface area contributed by atoms with Crippen LogP contribution in [-0.2, 0) is 0 Å². The minimum atomic E-state index is -0.523. The second-order valence-electron chi connectivity index (χ2n) is 2.60. The van der Waals surface area contributed by atoms with Gasteiger partial charge in [-0.05, 0) is 13.0 Å². The molecule has 3 nitrogen and oxygen atoms in total. The van der Waals surface area contributed by atoms with Crippen molar-refractivity contribution in [1.82, 2.24) is 4.98 Å². The number of halogens is 1. The molecule has 0 radical (unpaired) electrons. The van der Waals surface area contributed by atoms with Gasteiger partial charge in [0.15, 0.2) is 0 Å². The second-order valence-corrected chi connectivity index (χ2v) is 2.60. The summed E-state index contributed by atoms with van der Waals surface area (Å²) in [6, 6.07) is 2.85. The summed E-state index contributed by atoms with van der Waals surface area (Å²) in [5.41, 5.74) is 0.629. The summed E-state index contributed by atoms with van der Waals surface area (Å²) in [6.45, 7) is 1.82. The van der Waals surface area contributed by atoms with Crippen molar-refractivity contribution in [2.24, 2.45) is 0 Å². The highest BCUT2D eigenvalue weighted by molar-refractivity contribution is 5.41. The molecule has 1 rings (SSSR count). The molecule has 0 bridgehead atoms. The van der Waals surface area contributed by atoms with Crippen LogP contribution in [-0.4, -0.2) is 22.7 Å². The predicted molar refractivity (Wildman–Crippen MR) is 44.4 cm³/mol. The van der Waals surface area contributed by atoms with Crippen molar-refractivity contribution in [3.8, 4) is 0 Å². The number of rotatable bonds is 3. The van der Waals surface area contributed by atoms with Crippen molar-refractivity contribution < 1.29 is 9.50 Å². The van der Waals surface area contributed by atoms with Crippen molar-refractivity contribution in [1.29, 1.82) is 0 Å². The van der Waals surface area contributed by atoms with E-state index in [4.69, 9.17) is 5.11 Å². The fourth-order valence-corrected chi connectivity index (χ4v) is 0.822. The Morgan fingerprint density at radius 3 is 3.08 bits per heavy atom. The van der Waals surface area contributed by atoms with Crippen LogP contribution in [0.4, 0.5) is 10.1 Å². The number of pyridine rings is 1. The standard InChI is InChI=1S/C8H11FN2O/c1-6(5-12)11-7-2-3-10-8(9)4-7/h2-4,6,12H,5H2,1H3,(H,10,11). The highest BCUT2D eigenvalue weighted by Gasteiger charge is 2.00. The van der Waals surface area contributed by atoms with E-state index in [1.54, 1.807) is 13.0 Å². The number of hydrogen-bond donors (Lipinski definition) is 2. The van der Waals surface area contributed by atoms with Gasteiger partial charge in [0, 0.05) is 24.0 Å². The minimum absolute atomic E-state index is 0.0178. The molecular weight excluding hydrogens is 159 g/mol. The first-order valence-corrected chi connectivity index (χ1v) is 3.71. The topological polar surface area (TPSA) is 45.1 Å². The molecule has 0 aromatic carbocycles. The van der Waals surface area contributed by atoms with E-state index in [0.29, 0.717) is 5.69 Å². The van der Waals surface area contributed by atoms with E-state index >= 15 is 0 Å². The molecule has 0 saturated carbocycles. The molecular formula is C8H11FN2O. The van der Waals surface area contributed by atoms with Gasteiger partial charge in [-0.15, -0.1) is 0 Å². The zero-order chi connectivity index (χ0) is 8.97. The first-order chi connectivity index (χ1) is 5.72. The van der Waals surface area contributed by atoms with Crippen molar-refractivity contribution >= 4 is 5.69 Å². The molecule has 4 heteroatoms. The van der Waals surface area contributed by atoms with Crippen LogP contribution in [0.15, 0.2) is 18.3 Å². The molecule has 1 unspecified atom stereocenters. The molecule has 0 aliphatic rings. The van der Waals surface area contributed by atoms with Crippen LogP contribution in [0, 0.1) is 5.95 Å². The summed E-state index contributed by atoms with van der Waals surface area (Å²) in [4.78, 5) is 3.40. The Labute approximate surface area is 70.3 Å². The summed E-state index contributed by atoms with van der Waals surface area (Å²) in [5, 5.41) is 11.6. The molecule has 1 atom stereocenters. The first-order valence-electron chi connectivity index (χ1n) is 3.71. The molecule has 66 valence electrons. The lowest BCUT2D eigenvalue weighted by Crippen LogP contribution is -2.19. The Morgan fingerprint density at radius 1 is 1.75 bits per heavy atom. The van der Waals surface area contributed by atoms with Gasteiger partial charge >= 0.3 is 0 Å². The first kappa shape index (κ1) is 8.93. The monoisotopic (exact) mass is 170 g/mol. The van der Waals surface area contributed by atoms with Crippen LogP contribution >= 0.6 is 0 Å². The largest absolute Gasteiger partial charge is 0.394 e. The van der Waals surface area contributed by atoms with E-state index in [9.17, 15) is 4.39 Å². The maximum atomic E-state index is 12.5. The maximum absolute atomic E-state index is 12.5. The molecule has 0 amide bonds. The minimum Gasteiger partial charge on any atom is -0.394 e. The van der Waals surface area contributed by atoms with Crippen molar-refractivity contribution in [2.45, 2.75) is 13.0 Å². The van der Waals surface area contributed by atoms with Crippen LogP contribution in [0.3, 0.4) is 0 Å². The van der Waals surface area contributed by atoms with Gasteiger partial charge in [0.2, 0.25) is 5.95 Å². The zero-order valence-electron chi connectivity index (χ0n) is 6.79. The van der Waals surface area contributed by atoms with Gasteiger partial charge < -0.3 is 10.4 Å². The van der Waals surface area contributed by atoms with E-state index in [1.165, 1.54) is 12.3 Å². The Morgan fingerprint density at radius 2 is 2.50 bits per heavy atom. The van der Waals surface area contributed by atoms with Crippen LogP contribution in [0.25, 0.3) is 0 Å². The lowest BCUT2D eigenvalue weighted by Gasteiger charge is -2.11. The Bertz CT molecular complexity index is 255. The molecule has 1 aromatic rings. The fourth-order valence-electron chi connectivity index (χ4n) is 0.822. The van der Waals surface area contributed by atoms with Gasteiger partial charge in [-0.3, -0.25) is 0 Å². The Balaban J connectivity index is 2.63. The van der Waals surface area contributed by atoms with Gasteiger partial charge in [0.1, 0.15) is 0 Å². The second kappa shape index (κ2) is 4.01. The van der Waals surface area contributed by atoms with Gasteiger partial charge in [-0.2, -0.15) is 4.39 Å². The molecule has 0 spiro atoms. The van der Waals surface area contributed by atoms with Gasteiger partial charge in [0.05, 0.1) is 6.61 Å². The van der Waals surface area contributed by atoms with Crippen LogP contribution in [0.1, 0.15) is 6.92 Å². The Kier molecular flexibility index (Phi) is 2.99. The molecule has 1 aromatic heterocycles. The lowest BCUT2D eigenvalue weighted by molar-refractivity contribution is 0.281. The Hall–Kier alpha value is -1.16. The van der Waals surface area contributed by atoms with E-state index in [1.807, 2.05) is 0 Å². The van der Waals surface area contributed by atoms with Gasteiger partial charge in [-0.1, -0.05) is 0 Å². The summed E-state index contributed by atoms with van der Waals surface area (Å²) in [5.74, 6) is -0.523. The SMILES string of the molecule is CC(CO)Nc1ccnc(F)c1. The molecule has 2 N–H and O–H groups in total. The number of aliphatic hydroxyl groups excluding tert-OH is 1. The van der Waals surface area contributed by atoms with Crippen molar-refractivity contribution in [2.75, 3.05) is 11.9 Å². The molecule has 0 aliphatic carbocycles. The quantitative estimate of drug-likeness (QED) is 0.665. The third-order valence-electron chi connectivity index (χ3n) is 1.41. The van der Waals surface area contributed by atoms with E-state index in [0.717, 1.165) is 0 Å². The normalized spacial score (nSPS) is 12.6. The number of hydrogen-bond acceptors (Lipinski definition) is 3. The smallest absolute Gasteiger partial charge is 0.214 e. The van der Waals surface area contributed by atoms with Crippen LogP contribution < -0.4 is 5.32 Å². The summed E-state index contributed by atoms with van der Waals surface area (Å²) in [6.07, 6.45) is 1.38. The number of aliphatic hydroxyl groups is 1. The average molecular weight is 170 g/mol. The summed E-state index contributed by atoms with van der Waals surface area (Å²) < 4.78 is 12.5. The summed E-state index contributed by atoms with van der Waals surface area (Å²) >= 11 is 0. The zero-order valence-corrected chi connectivity index (χ0v) is 6.79. The highest BCUT2D eigenvalue weighted by atomic mass is 19.1. The van der Waals surface area contributed by atoms with E-state index in [2.05, 4.69) is 10.3 Å². The third-order valence-corrected chi connectivity index (χ3v) is 1.41. The fraction of sp³-hybridized carbons (Fsp3) is 0.375. The van der Waals surface area contributed by atoms with Crippen molar-refractivity contribution in [3.05, 3.63) is 24.3 Å². The summed E-state index contributed by atoms with van der Waals surface area (Å²) in [7, 11) is 0. The van der Waals surface area contributed by atoms with Crippen LogP contribution in [0.2, 0.25) is 0 Å². The van der Waals surface area contributed by atoms with E-state index < -0.39 is 5.95 Å². The molecule has 0 fully saturated rings. The lowest BCUT2D eigenvalue weighted by atomic mass is 10.3. The van der Waals surface area contributed by atoms with Crippen LogP contribution in [0.5, 0.6) is 0 Å². The average Bonchev–Trinajstić information content (AvgIpc) is 2.04. The number of nitrogens with zero attached hydrogens (tertiary/aromatic N) is 1.